The number of halogens is 1. The standard InChI is InChI=1S/C26H21ClN4O5S2/c27-20-9-11-21(12-10-20)36-16-23-29-30-26(37-23)28-25(33)18-7-4-8-22(13-18)38(34,35)31-15-19(14-24(31)32)17-5-2-1-3-6-17/h1-13,19H,14-16H2,(H,28,30,33)/t19-/m1/s1. The van der Waals surface area contributed by atoms with Crippen LogP contribution in [0.3, 0.4) is 0 Å². The van der Waals surface area contributed by atoms with Gasteiger partial charge in [-0.3, -0.25) is 14.9 Å². The van der Waals surface area contributed by atoms with Crippen LogP contribution in [-0.4, -0.2) is 41.3 Å². The highest BCUT2D eigenvalue weighted by molar-refractivity contribution is 7.89. The lowest BCUT2D eigenvalue weighted by atomic mass is 9.99. The molecule has 1 N–H and O–H groups in total. The van der Waals surface area contributed by atoms with Crippen molar-refractivity contribution in [3.8, 4) is 5.75 Å². The third-order valence-electron chi connectivity index (χ3n) is 5.90. The van der Waals surface area contributed by atoms with Crippen molar-refractivity contribution in [1.82, 2.24) is 14.5 Å². The van der Waals surface area contributed by atoms with Crippen molar-refractivity contribution in [3.63, 3.8) is 0 Å². The average Bonchev–Trinajstić information content (AvgIpc) is 3.55. The summed E-state index contributed by atoms with van der Waals surface area (Å²) in [7, 11) is -4.14. The van der Waals surface area contributed by atoms with Crippen molar-refractivity contribution in [1.29, 1.82) is 0 Å². The Bertz CT molecular complexity index is 1580. The molecule has 4 aromatic rings. The number of hydrogen-bond donors (Lipinski definition) is 1. The Morgan fingerprint density at radius 2 is 1.82 bits per heavy atom. The van der Waals surface area contributed by atoms with Gasteiger partial charge < -0.3 is 4.74 Å². The van der Waals surface area contributed by atoms with Gasteiger partial charge in [0.2, 0.25) is 11.0 Å². The van der Waals surface area contributed by atoms with Crippen molar-refractivity contribution in [2.45, 2.75) is 23.8 Å². The monoisotopic (exact) mass is 568 g/mol. The predicted molar refractivity (Wildman–Crippen MR) is 143 cm³/mol. The number of nitrogens with zero attached hydrogens (tertiary/aromatic N) is 3. The van der Waals surface area contributed by atoms with Crippen LogP contribution in [0.4, 0.5) is 5.13 Å². The second-order valence-corrected chi connectivity index (χ2v) is 11.8. The number of anilines is 1. The molecule has 0 radical (unpaired) electrons. The van der Waals surface area contributed by atoms with Crippen molar-refractivity contribution in [2.24, 2.45) is 0 Å². The molecule has 9 nitrogen and oxygen atoms in total. The number of benzene rings is 3. The molecule has 1 aliphatic heterocycles. The summed E-state index contributed by atoms with van der Waals surface area (Å²) in [4.78, 5) is 25.3. The number of hydrogen-bond acceptors (Lipinski definition) is 8. The smallest absolute Gasteiger partial charge is 0.266 e. The first kappa shape index (κ1) is 25.8. The summed E-state index contributed by atoms with van der Waals surface area (Å²) in [6.45, 7) is 0.198. The topological polar surface area (TPSA) is 119 Å². The van der Waals surface area contributed by atoms with E-state index in [4.69, 9.17) is 16.3 Å². The van der Waals surface area contributed by atoms with E-state index in [1.807, 2.05) is 30.3 Å². The van der Waals surface area contributed by atoms with Crippen molar-refractivity contribution in [3.05, 3.63) is 100 Å². The van der Waals surface area contributed by atoms with Crippen molar-refractivity contribution < 1.29 is 22.7 Å². The third-order valence-corrected chi connectivity index (χ3v) is 8.75. The zero-order valence-corrected chi connectivity index (χ0v) is 22.2. The normalized spacial score (nSPS) is 15.4. The van der Waals surface area contributed by atoms with E-state index in [0.29, 0.717) is 15.8 Å². The number of amides is 2. The second kappa shape index (κ2) is 10.9. The van der Waals surface area contributed by atoms with E-state index < -0.39 is 21.8 Å². The molecule has 38 heavy (non-hydrogen) atoms. The molecule has 0 spiro atoms. The first-order valence-corrected chi connectivity index (χ1v) is 14.2. The third kappa shape index (κ3) is 5.69. The maximum atomic E-state index is 13.3. The Balaban J connectivity index is 1.25. The summed E-state index contributed by atoms with van der Waals surface area (Å²) in [6.07, 6.45) is 0.102. The zero-order valence-electron chi connectivity index (χ0n) is 19.8. The molecular weight excluding hydrogens is 548 g/mol. The number of sulfonamides is 1. The molecule has 5 rings (SSSR count). The molecular formula is C26H21ClN4O5S2. The summed E-state index contributed by atoms with van der Waals surface area (Å²) in [5, 5.41) is 12.0. The number of carbonyl (C=O) groups excluding carboxylic acids is 2. The Kier molecular flexibility index (Phi) is 7.41. The van der Waals surface area contributed by atoms with E-state index >= 15 is 0 Å². The molecule has 0 unspecified atom stereocenters. The molecule has 0 bridgehead atoms. The fourth-order valence-electron chi connectivity index (χ4n) is 3.99. The van der Waals surface area contributed by atoms with Gasteiger partial charge in [-0.1, -0.05) is 59.3 Å². The number of carbonyl (C=O) groups is 2. The Morgan fingerprint density at radius 1 is 1.05 bits per heavy atom. The number of ether oxygens (including phenoxy) is 1. The van der Waals surface area contributed by atoms with Gasteiger partial charge >= 0.3 is 0 Å². The maximum absolute atomic E-state index is 13.3. The van der Waals surface area contributed by atoms with Crippen LogP contribution in [0.5, 0.6) is 5.75 Å². The first-order chi connectivity index (χ1) is 18.3. The van der Waals surface area contributed by atoms with Crippen LogP contribution >= 0.6 is 22.9 Å². The maximum Gasteiger partial charge on any atom is 0.266 e. The molecule has 12 heteroatoms. The molecule has 2 amide bonds. The number of nitrogens with one attached hydrogen (secondary N) is 1. The summed E-state index contributed by atoms with van der Waals surface area (Å²) in [6, 6.07) is 21.8. The molecule has 0 saturated carbocycles. The van der Waals surface area contributed by atoms with Crippen LogP contribution < -0.4 is 10.1 Å². The van der Waals surface area contributed by atoms with Crippen molar-refractivity contribution in [2.75, 3.05) is 11.9 Å². The molecule has 1 aliphatic rings. The summed E-state index contributed by atoms with van der Waals surface area (Å²) in [5.74, 6) is -0.644. The minimum absolute atomic E-state index is 0.0489. The molecule has 1 atom stereocenters. The number of aromatic nitrogens is 2. The van der Waals surface area contributed by atoms with Crippen LogP contribution in [0.15, 0.2) is 83.8 Å². The van der Waals surface area contributed by atoms with Crippen LogP contribution in [0.25, 0.3) is 0 Å². The largest absolute Gasteiger partial charge is 0.486 e. The van der Waals surface area contributed by atoms with E-state index in [-0.39, 0.29) is 41.1 Å². The van der Waals surface area contributed by atoms with Crippen LogP contribution in [0.2, 0.25) is 5.02 Å². The fraction of sp³-hybridized carbons (Fsp3) is 0.154. The van der Waals surface area contributed by atoms with Crippen LogP contribution in [0.1, 0.15) is 33.3 Å². The van der Waals surface area contributed by atoms with Crippen LogP contribution in [-0.2, 0) is 21.4 Å². The van der Waals surface area contributed by atoms with Crippen molar-refractivity contribution >= 4 is 49.9 Å². The van der Waals surface area contributed by atoms with E-state index in [1.165, 1.54) is 24.3 Å². The quantitative estimate of drug-likeness (QED) is 0.326. The first-order valence-electron chi connectivity index (χ1n) is 11.5. The Labute approximate surface area is 228 Å². The Morgan fingerprint density at radius 3 is 2.58 bits per heavy atom. The predicted octanol–water partition coefficient (Wildman–Crippen LogP) is 4.73. The SMILES string of the molecule is O=C(Nc1nnc(COc2ccc(Cl)cc2)s1)c1cccc(S(=O)(=O)N2C[C@H](c3ccccc3)CC2=O)c1. The second-order valence-electron chi connectivity index (χ2n) is 8.47. The lowest BCUT2D eigenvalue weighted by Gasteiger charge is -2.17. The van der Waals surface area contributed by atoms with Gasteiger partial charge in [-0.15, -0.1) is 10.2 Å². The molecule has 2 heterocycles. The molecule has 1 aromatic heterocycles. The minimum Gasteiger partial charge on any atom is -0.486 e. The molecule has 3 aromatic carbocycles. The van der Waals surface area contributed by atoms with Gasteiger partial charge in [0.05, 0.1) is 4.90 Å². The minimum atomic E-state index is -4.14. The van der Waals surface area contributed by atoms with E-state index in [2.05, 4.69) is 15.5 Å². The fourth-order valence-corrected chi connectivity index (χ4v) is 6.27. The summed E-state index contributed by atoms with van der Waals surface area (Å²) >= 11 is 7.00. The highest BCUT2D eigenvalue weighted by Crippen LogP contribution is 2.32. The van der Waals surface area contributed by atoms with Gasteiger partial charge in [-0.05, 0) is 48.0 Å². The highest BCUT2D eigenvalue weighted by Gasteiger charge is 2.39. The average molecular weight is 569 g/mol. The highest BCUT2D eigenvalue weighted by atomic mass is 35.5. The van der Waals surface area contributed by atoms with E-state index in [9.17, 15) is 18.0 Å². The molecule has 194 valence electrons. The Hall–Kier alpha value is -3.80. The van der Waals surface area contributed by atoms with Gasteiger partial charge in [0, 0.05) is 29.5 Å². The van der Waals surface area contributed by atoms with Crippen LogP contribution in [0, 0.1) is 0 Å². The molecule has 1 saturated heterocycles. The lowest BCUT2D eigenvalue weighted by Crippen LogP contribution is -2.32. The van der Waals surface area contributed by atoms with E-state index in [0.717, 1.165) is 21.2 Å². The van der Waals surface area contributed by atoms with Gasteiger partial charge in [0.25, 0.3) is 15.9 Å². The molecule has 0 aliphatic carbocycles. The summed E-state index contributed by atoms with van der Waals surface area (Å²) < 4.78 is 33.1. The molecule has 1 fully saturated rings. The summed E-state index contributed by atoms with van der Waals surface area (Å²) in [5.41, 5.74) is 1.01. The lowest BCUT2D eigenvalue weighted by molar-refractivity contribution is -0.123. The van der Waals surface area contributed by atoms with Gasteiger partial charge in [-0.2, -0.15) is 0 Å². The van der Waals surface area contributed by atoms with Gasteiger partial charge in [-0.25, -0.2) is 12.7 Å². The number of rotatable bonds is 8. The van der Waals surface area contributed by atoms with Gasteiger partial charge in [0.15, 0.2) is 5.01 Å². The zero-order chi connectivity index (χ0) is 26.7. The van der Waals surface area contributed by atoms with E-state index in [1.54, 1.807) is 24.3 Å². The van der Waals surface area contributed by atoms with Gasteiger partial charge in [0.1, 0.15) is 12.4 Å².